The first-order valence-electron chi connectivity index (χ1n) is 8.77. The maximum absolute atomic E-state index is 13.0. The van der Waals surface area contributed by atoms with E-state index >= 15 is 0 Å². The van der Waals surface area contributed by atoms with Gasteiger partial charge in [-0.2, -0.15) is 0 Å². The highest BCUT2D eigenvalue weighted by Gasteiger charge is 2.26. The second-order valence-corrected chi connectivity index (χ2v) is 8.45. The van der Waals surface area contributed by atoms with Crippen molar-refractivity contribution in [3.8, 4) is 0 Å². The van der Waals surface area contributed by atoms with E-state index in [-0.39, 0.29) is 16.3 Å². The molecule has 6 nitrogen and oxygen atoms in total. The molecule has 1 aromatic heterocycles. The standard InChI is InChI=1S/C21H19FN2O4S/c1-14-12-15(2)24(13-19(25)23-17-10-8-16(22)9-11-17)21(26)20(14)29(27,28)18-6-4-3-5-7-18/h3-12H,13H2,1-2H3,(H,23,25). The zero-order valence-corrected chi connectivity index (χ0v) is 16.7. The van der Waals surface area contributed by atoms with Crippen molar-refractivity contribution >= 4 is 21.4 Å². The van der Waals surface area contributed by atoms with Gasteiger partial charge in [0.05, 0.1) is 4.90 Å². The third kappa shape index (κ3) is 4.27. The molecule has 0 atom stereocenters. The quantitative estimate of drug-likeness (QED) is 0.695. The Kier molecular flexibility index (Phi) is 5.65. The molecular weight excluding hydrogens is 395 g/mol. The second-order valence-electron chi connectivity index (χ2n) is 6.56. The number of carbonyl (C=O) groups is 1. The molecule has 0 saturated carbocycles. The SMILES string of the molecule is Cc1cc(C)n(CC(=O)Nc2ccc(F)cc2)c(=O)c1S(=O)(=O)c1ccccc1. The number of anilines is 1. The van der Waals surface area contributed by atoms with Crippen LogP contribution >= 0.6 is 0 Å². The minimum atomic E-state index is -4.05. The fraction of sp³-hybridized carbons (Fsp3) is 0.143. The molecule has 2 aromatic carbocycles. The number of sulfone groups is 1. The molecular formula is C21H19FN2O4S. The molecule has 0 fully saturated rings. The lowest BCUT2D eigenvalue weighted by molar-refractivity contribution is -0.116. The molecule has 0 aliphatic heterocycles. The Hall–Kier alpha value is -3.26. The van der Waals surface area contributed by atoms with Crippen molar-refractivity contribution in [2.24, 2.45) is 0 Å². The van der Waals surface area contributed by atoms with Crippen LogP contribution in [0, 0.1) is 19.7 Å². The van der Waals surface area contributed by atoms with Crippen molar-refractivity contribution in [1.29, 1.82) is 0 Å². The first-order valence-corrected chi connectivity index (χ1v) is 10.2. The van der Waals surface area contributed by atoms with Gasteiger partial charge >= 0.3 is 0 Å². The number of aromatic nitrogens is 1. The van der Waals surface area contributed by atoms with Crippen molar-refractivity contribution in [3.63, 3.8) is 0 Å². The number of pyridine rings is 1. The molecule has 1 N–H and O–H groups in total. The first-order chi connectivity index (χ1) is 13.7. The van der Waals surface area contributed by atoms with E-state index in [9.17, 15) is 22.4 Å². The summed E-state index contributed by atoms with van der Waals surface area (Å²) >= 11 is 0. The molecule has 0 unspecified atom stereocenters. The number of nitrogens with one attached hydrogen (secondary N) is 1. The van der Waals surface area contributed by atoms with Crippen LogP contribution in [0.3, 0.4) is 0 Å². The average Bonchev–Trinajstić information content (AvgIpc) is 2.67. The summed E-state index contributed by atoms with van der Waals surface area (Å²) < 4.78 is 40.1. The summed E-state index contributed by atoms with van der Waals surface area (Å²) in [5.41, 5.74) is 0.368. The fourth-order valence-electron chi connectivity index (χ4n) is 3.03. The predicted molar refractivity (Wildman–Crippen MR) is 107 cm³/mol. The average molecular weight is 414 g/mol. The van der Waals surface area contributed by atoms with E-state index in [1.54, 1.807) is 38.1 Å². The lowest BCUT2D eigenvalue weighted by Gasteiger charge is -2.15. The lowest BCUT2D eigenvalue weighted by atomic mass is 10.2. The van der Waals surface area contributed by atoms with E-state index in [0.717, 1.165) is 4.57 Å². The maximum Gasteiger partial charge on any atom is 0.270 e. The highest BCUT2D eigenvalue weighted by atomic mass is 32.2. The summed E-state index contributed by atoms with van der Waals surface area (Å²) in [5.74, 6) is -0.974. The minimum Gasteiger partial charge on any atom is -0.325 e. The summed E-state index contributed by atoms with van der Waals surface area (Å²) in [4.78, 5) is 25.0. The summed E-state index contributed by atoms with van der Waals surface area (Å²) in [7, 11) is -4.05. The Bertz CT molecular complexity index is 1220. The van der Waals surface area contributed by atoms with Crippen molar-refractivity contribution in [3.05, 3.63) is 88.1 Å². The monoisotopic (exact) mass is 414 g/mol. The van der Waals surface area contributed by atoms with E-state index in [1.165, 1.54) is 36.4 Å². The lowest BCUT2D eigenvalue weighted by Crippen LogP contribution is -2.33. The van der Waals surface area contributed by atoms with Gasteiger partial charge in [0.2, 0.25) is 15.7 Å². The highest BCUT2D eigenvalue weighted by Crippen LogP contribution is 2.21. The zero-order chi connectivity index (χ0) is 21.2. The maximum atomic E-state index is 13.0. The largest absolute Gasteiger partial charge is 0.325 e. The minimum absolute atomic E-state index is 0.00590. The molecule has 0 saturated heterocycles. The normalized spacial score (nSPS) is 11.3. The molecule has 3 rings (SSSR count). The van der Waals surface area contributed by atoms with Crippen molar-refractivity contribution in [2.45, 2.75) is 30.2 Å². The van der Waals surface area contributed by atoms with Gasteiger partial charge in [0, 0.05) is 11.4 Å². The Balaban J connectivity index is 1.98. The van der Waals surface area contributed by atoms with Gasteiger partial charge < -0.3 is 9.88 Å². The molecule has 0 bridgehead atoms. The Morgan fingerprint density at radius 1 is 1.03 bits per heavy atom. The van der Waals surface area contributed by atoms with Crippen molar-refractivity contribution < 1.29 is 17.6 Å². The van der Waals surface area contributed by atoms with Gasteiger partial charge in [-0.1, -0.05) is 18.2 Å². The second kappa shape index (κ2) is 8.00. The molecule has 1 amide bonds. The van der Waals surface area contributed by atoms with Gasteiger partial charge in [0.25, 0.3) is 5.56 Å². The fourth-order valence-corrected chi connectivity index (χ4v) is 4.60. The third-order valence-electron chi connectivity index (χ3n) is 4.40. The van der Waals surface area contributed by atoms with Crippen LogP contribution in [0.25, 0.3) is 0 Å². The van der Waals surface area contributed by atoms with Gasteiger partial charge in [0.15, 0.2) is 0 Å². The molecule has 0 aliphatic rings. The van der Waals surface area contributed by atoms with Crippen LogP contribution < -0.4 is 10.9 Å². The number of halogens is 1. The number of aryl methyl sites for hydroxylation is 2. The first kappa shape index (κ1) is 20.5. The van der Waals surface area contributed by atoms with Crippen LogP contribution in [0.15, 0.2) is 75.2 Å². The molecule has 1 heterocycles. The van der Waals surface area contributed by atoms with E-state index in [4.69, 9.17) is 0 Å². The third-order valence-corrected chi connectivity index (χ3v) is 6.33. The zero-order valence-electron chi connectivity index (χ0n) is 15.8. The van der Waals surface area contributed by atoms with E-state index in [0.29, 0.717) is 16.9 Å². The number of carbonyl (C=O) groups excluding carboxylic acids is 1. The van der Waals surface area contributed by atoms with Crippen LogP contribution in [-0.2, 0) is 21.2 Å². The predicted octanol–water partition coefficient (Wildman–Crippen LogP) is 3.08. The topological polar surface area (TPSA) is 85.2 Å². The number of hydrogen-bond acceptors (Lipinski definition) is 4. The number of amides is 1. The van der Waals surface area contributed by atoms with Crippen LogP contribution in [0.4, 0.5) is 10.1 Å². The van der Waals surface area contributed by atoms with Crippen LogP contribution in [0.2, 0.25) is 0 Å². The number of benzene rings is 2. The van der Waals surface area contributed by atoms with Gasteiger partial charge in [0.1, 0.15) is 17.3 Å². The molecule has 0 radical (unpaired) electrons. The van der Waals surface area contributed by atoms with Gasteiger partial charge in [-0.25, -0.2) is 12.8 Å². The molecule has 8 heteroatoms. The number of nitrogens with zero attached hydrogens (tertiary/aromatic N) is 1. The summed E-state index contributed by atoms with van der Waals surface area (Å²) in [5, 5.41) is 2.56. The van der Waals surface area contributed by atoms with E-state index in [1.807, 2.05) is 0 Å². The van der Waals surface area contributed by atoms with Crippen LogP contribution in [-0.4, -0.2) is 18.9 Å². The van der Waals surface area contributed by atoms with Crippen LogP contribution in [0.5, 0.6) is 0 Å². The summed E-state index contributed by atoms with van der Waals surface area (Å²) in [6, 6.07) is 14.4. The van der Waals surface area contributed by atoms with Crippen molar-refractivity contribution in [2.75, 3.05) is 5.32 Å². The summed E-state index contributed by atoms with van der Waals surface area (Å²) in [6.45, 7) is 2.80. The molecule has 0 spiro atoms. The van der Waals surface area contributed by atoms with Crippen molar-refractivity contribution in [1.82, 2.24) is 4.57 Å². The summed E-state index contributed by atoms with van der Waals surface area (Å²) in [6.07, 6.45) is 0. The van der Waals surface area contributed by atoms with E-state index in [2.05, 4.69) is 5.32 Å². The number of hydrogen-bond donors (Lipinski definition) is 1. The van der Waals surface area contributed by atoms with Crippen LogP contribution in [0.1, 0.15) is 11.3 Å². The van der Waals surface area contributed by atoms with E-state index < -0.39 is 27.1 Å². The Morgan fingerprint density at radius 2 is 1.66 bits per heavy atom. The van der Waals surface area contributed by atoms with Gasteiger partial charge in [-0.15, -0.1) is 0 Å². The molecule has 3 aromatic rings. The smallest absolute Gasteiger partial charge is 0.270 e. The number of rotatable bonds is 5. The Labute approximate surface area is 167 Å². The molecule has 29 heavy (non-hydrogen) atoms. The molecule has 150 valence electrons. The Morgan fingerprint density at radius 3 is 2.28 bits per heavy atom. The highest BCUT2D eigenvalue weighted by molar-refractivity contribution is 7.91. The molecule has 0 aliphatic carbocycles. The van der Waals surface area contributed by atoms with Gasteiger partial charge in [-0.05, 0) is 61.9 Å². The van der Waals surface area contributed by atoms with Gasteiger partial charge in [-0.3, -0.25) is 9.59 Å².